The zero-order chi connectivity index (χ0) is 19.3. The molecule has 26 heavy (non-hydrogen) atoms. The van der Waals surface area contributed by atoms with E-state index in [1.165, 1.54) is 11.8 Å². The summed E-state index contributed by atoms with van der Waals surface area (Å²) in [4.78, 5) is 1.36. The zero-order valence-corrected chi connectivity index (χ0v) is 15.8. The molecule has 0 N–H and O–H groups in total. The van der Waals surface area contributed by atoms with Gasteiger partial charge in [0.05, 0.1) is 11.2 Å². The van der Waals surface area contributed by atoms with E-state index in [4.69, 9.17) is 14.0 Å². The van der Waals surface area contributed by atoms with Crippen LogP contribution in [0, 0.1) is 0 Å². The van der Waals surface area contributed by atoms with Crippen molar-refractivity contribution < 1.29 is 27.2 Å². The lowest BCUT2D eigenvalue weighted by Crippen LogP contribution is -2.60. The van der Waals surface area contributed by atoms with Crippen molar-refractivity contribution in [2.45, 2.75) is 64.1 Å². The van der Waals surface area contributed by atoms with Crippen LogP contribution in [0.5, 0.6) is 5.75 Å². The number of rotatable bonds is 4. The molecule has 2 aliphatic rings. The van der Waals surface area contributed by atoms with Gasteiger partial charge in [0, 0.05) is 13.1 Å². The molecule has 2 saturated heterocycles. The average Bonchev–Trinajstić information content (AvgIpc) is 2.70. The largest absolute Gasteiger partial charge is 0.494 e. The van der Waals surface area contributed by atoms with Crippen molar-refractivity contribution in [3.63, 3.8) is 0 Å². The van der Waals surface area contributed by atoms with E-state index in [0.29, 0.717) is 5.75 Å². The van der Waals surface area contributed by atoms with E-state index in [2.05, 4.69) is 0 Å². The summed E-state index contributed by atoms with van der Waals surface area (Å²) in [5.74, 6) is 0.634. The van der Waals surface area contributed by atoms with Crippen molar-refractivity contribution in [1.82, 2.24) is 4.90 Å². The maximum absolute atomic E-state index is 12.7. The lowest BCUT2D eigenvalue weighted by molar-refractivity contribution is -0.197. The Morgan fingerprint density at radius 1 is 1.08 bits per heavy atom. The molecule has 4 nitrogen and oxygen atoms in total. The Kier molecular flexibility index (Phi) is 4.82. The van der Waals surface area contributed by atoms with Crippen LogP contribution in [0.2, 0.25) is 0 Å². The molecule has 1 aromatic rings. The quantitative estimate of drug-likeness (QED) is 0.762. The number of halogens is 3. The number of ether oxygens (including phenoxy) is 1. The fourth-order valence-corrected chi connectivity index (χ4v) is 2.94. The summed E-state index contributed by atoms with van der Waals surface area (Å²) in [6.45, 7) is 9.71. The Morgan fingerprint density at radius 3 is 2.04 bits per heavy atom. The van der Waals surface area contributed by atoms with Gasteiger partial charge >= 0.3 is 13.3 Å². The SMILES string of the molecule is CC(N1CC(Oc2ccc(B3OC(C)(C)C(C)(C)O3)cc2)C1)C(F)(F)F. The molecule has 0 aliphatic carbocycles. The van der Waals surface area contributed by atoms with Crippen molar-refractivity contribution in [2.24, 2.45) is 0 Å². The van der Waals surface area contributed by atoms with Crippen LogP contribution in [-0.4, -0.2) is 54.6 Å². The molecule has 8 heteroatoms. The standard InChI is InChI=1S/C18H25BF3NO3/c1-12(18(20,21)22)23-10-15(11-23)24-14-8-6-13(7-9-14)19-25-16(2,3)17(4,5)26-19/h6-9,12,15H,10-11H2,1-5H3. The molecule has 2 aliphatic heterocycles. The van der Waals surface area contributed by atoms with E-state index in [9.17, 15) is 13.2 Å². The van der Waals surface area contributed by atoms with Gasteiger partial charge in [0.2, 0.25) is 0 Å². The van der Waals surface area contributed by atoms with E-state index in [0.717, 1.165) is 5.46 Å². The lowest BCUT2D eigenvalue weighted by Gasteiger charge is -2.43. The summed E-state index contributed by atoms with van der Waals surface area (Å²) in [7, 11) is -0.444. The molecule has 0 bridgehead atoms. The van der Waals surface area contributed by atoms with Gasteiger partial charge in [0.15, 0.2) is 0 Å². The highest BCUT2D eigenvalue weighted by atomic mass is 19.4. The van der Waals surface area contributed by atoms with Crippen molar-refractivity contribution in [1.29, 1.82) is 0 Å². The average molecular weight is 371 g/mol. The number of hydrogen-bond donors (Lipinski definition) is 0. The minimum atomic E-state index is -4.20. The first kappa shape index (κ1) is 19.5. The minimum Gasteiger partial charge on any atom is -0.488 e. The topological polar surface area (TPSA) is 30.9 Å². The monoisotopic (exact) mass is 371 g/mol. The first-order valence-electron chi connectivity index (χ1n) is 8.82. The van der Waals surface area contributed by atoms with Crippen LogP contribution in [0.3, 0.4) is 0 Å². The van der Waals surface area contributed by atoms with Crippen LogP contribution in [0.4, 0.5) is 13.2 Å². The Balaban J connectivity index is 1.54. The van der Waals surface area contributed by atoms with Crippen LogP contribution in [0.25, 0.3) is 0 Å². The molecule has 0 saturated carbocycles. The van der Waals surface area contributed by atoms with E-state index in [1.807, 2.05) is 39.8 Å². The summed E-state index contributed by atoms with van der Waals surface area (Å²) in [6, 6.07) is 5.90. The Hall–Kier alpha value is -1.25. The second-order valence-electron chi connectivity index (χ2n) is 8.07. The molecule has 0 amide bonds. The number of hydrogen-bond acceptors (Lipinski definition) is 4. The molecule has 0 aromatic heterocycles. The smallest absolute Gasteiger partial charge is 0.488 e. The van der Waals surface area contributed by atoms with E-state index < -0.39 is 30.5 Å². The van der Waals surface area contributed by atoms with Gasteiger partial charge in [-0.2, -0.15) is 13.2 Å². The highest BCUT2D eigenvalue weighted by Gasteiger charge is 2.51. The second kappa shape index (κ2) is 6.42. The van der Waals surface area contributed by atoms with E-state index in [-0.39, 0.29) is 19.2 Å². The van der Waals surface area contributed by atoms with Gasteiger partial charge in [0.25, 0.3) is 0 Å². The second-order valence-corrected chi connectivity index (χ2v) is 8.07. The van der Waals surface area contributed by atoms with Gasteiger partial charge in [0.1, 0.15) is 17.9 Å². The summed E-state index contributed by atoms with van der Waals surface area (Å²) in [5, 5.41) is 0. The Bertz CT molecular complexity index is 626. The van der Waals surface area contributed by atoms with Crippen molar-refractivity contribution >= 4 is 12.6 Å². The molecule has 0 radical (unpaired) electrons. The van der Waals surface area contributed by atoms with Crippen LogP contribution < -0.4 is 10.2 Å². The molecule has 2 heterocycles. The number of benzene rings is 1. The highest BCUT2D eigenvalue weighted by Crippen LogP contribution is 2.36. The fraction of sp³-hybridized carbons (Fsp3) is 0.667. The summed E-state index contributed by atoms with van der Waals surface area (Å²) < 4.78 is 55.8. The molecule has 1 unspecified atom stereocenters. The first-order chi connectivity index (χ1) is 11.9. The van der Waals surface area contributed by atoms with Crippen molar-refractivity contribution in [2.75, 3.05) is 13.1 Å². The molecule has 1 aromatic carbocycles. The predicted molar refractivity (Wildman–Crippen MR) is 93.7 cm³/mol. The summed E-state index contributed by atoms with van der Waals surface area (Å²) in [5.41, 5.74) is 0.0753. The normalized spacial score (nSPS) is 24.4. The fourth-order valence-electron chi connectivity index (χ4n) is 2.94. The first-order valence-corrected chi connectivity index (χ1v) is 8.82. The summed E-state index contributed by atoms with van der Waals surface area (Å²) in [6.07, 6.45) is -4.42. The Morgan fingerprint density at radius 2 is 1.58 bits per heavy atom. The van der Waals surface area contributed by atoms with Crippen LogP contribution >= 0.6 is 0 Å². The van der Waals surface area contributed by atoms with Crippen molar-refractivity contribution in [3.05, 3.63) is 24.3 Å². The molecule has 0 spiro atoms. The number of nitrogens with zero attached hydrogens (tertiary/aromatic N) is 1. The number of likely N-dealkylation sites (tertiary alicyclic amines) is 1. The summed E-state index contributed by atoms with van der Waals surface area (Å²) >= 11 is 0. The van der Waals surface area contributed by atoms with E-state index >= 15 is 0 Å². The number of alkyl halides is 3. The molecular formula is C18H25BF3NO3. The van der Waals surface area contributed by atoms with Crippen LogP contribution in [0.1, 0.15) is 34.6 Å². The maximum atomic E-state index is 12.7. The molecule has 144 valence electrons. The highest BCUT2D eigenvalue weighted by molar-refractivity contribution is 6.62. The van der Waals surface area contributed by atoms with Gasteiger partial charge in [-0.1, -0.05) is 12.1 Å². The molecule has 2 fully saturated rings. The van der Waals surface area contributed by atoms with Gasteiger partial charge in [-0.25, -0.2) is 0 Å². The Labute approximate surface area is 152 Å². The van der Waals surface area contributed by atoms with Crippen LogP contribution in [-0.2, 0) is 9.31 Å². The third-order valence-electron chi connectivity index (χ3n) is 5.61. The van der Waals surface area contributed by atoms with Crippen LogP contribution in [0.15, 0.2) is 24.3 Å². The van der Waals surface area contributed by atoms with E-state index in [1.54, 1.807) is 12.1 Å². The van der Waals surface area contributed by atoms with Gasteiger partial charge < -0.3 is 14.0 Å². The molecule has 3 rings (SSSR count). The predicted octanol–water partition coefficient (Wildman–Crippen LogP) is 3.00. The van der Waals surface area contributed by atoms with Gasteiger partial charge in [-0.05, 0) is 52.2 Å². The lowest BCUT2D eigenvalue weighted by atomic mass is 9.79. The van der Waals surface area contributed by atoms with Gasteiger partial charge in [-0.15, -0.1) is 0 Å². The third kappa shape index (κ3) is 3.73. The van der Waals surface area contributed by atoms with Gasteiger partial charge in [-0.3, -0.25) is 4.90 Å². The maximum Gasteiger partial charge on any atom is 0.494 e. The molecular weight excluding hydrogens is 346 g/mol. The minimum absolute atomic E-state index is 0.220. The third-order valence-corrected chi connectivity index (χ3v) is 5.61. The molecule has 1 atom stereocenters. The van der Waals surface area contributed by atoms with Crippen molar-refractivity contribution in [3.8, 4) is 5.75 Å². The zero-order valence-electron chi connectivity index (χ0n) is 15.8.